The summed E-state index contributed by atoms with van der Waals surface area (Å²) < 4.78 is 0. The van der Waals surface area contributed by atoms with Gasteiger partial charge in [-0.15, -0.1) is 0 Å². The first-order valence-corrected chi connectivity index (χ1v) is 7.18. The molecule has 1 aliphatic carbocycles. The summed E-state index contributed by atoms with van der Waals surface area (Å²) in [5.41, 5.74) is 5.74. The van der Waals surface area contributed by atoms with Gasteiger partial charge in [0.15, 0.2) is 0 Å². The van der Waals surface area contributed by atoms with Gasteiger partial charge in [-0.25, -0.2) is 0 Å². The maximum Gasteiger partial charge on any atom is 0.222 e. The van der Waals surface area contributed by atoms with Crippen LogP contribution in [0.3, 0.4) is 0 Å². The van der Waals surface area contributed by atoms with Gasteiger partial charge in [0.2, 0.25) is 5.91 Å². The number of rotatable bonds is 3. The summed E-state index contributed by atoms with van der Waals surface area (Å²) in [6, 6.07) is 0.327. The molecule has 1 rings (SSSR count). The molecule has 1 aliphatic rings. The van der Waals surface area contributed by atoms with Crippen LogP contribution in [0.5, 0.6) is 0 Å². The molecule has 0 spiro atoms. The highest BCUT2D eigenvalue weighted by atomic mass is 16.1. The predicted octanol–water partition coefficient (Wildman–Crippen LogP) is 2.83. The first-order chi connectivity index (χ1) is 8.09. The minimum atomic E-state index is -0.421. The maximum absolute atomic E-state index is 12.0. The van der Waals surface area contributed by atoms with Gasteiger partial charge in [-0.3, -0.25) is 4.79 Å². The fraction of sp³-hybridized carbons (Fsp3) is 0.933. The molecule has 1 saturated carbocycles. The van der Waals surface area contributed by atoms with E-state index in [1.54, 1.807) is 0 Å². The maximum atomic E-state index is 12.0. The Balaban J connectivity index is 2.60. The number of amides is 1. The molecular weight excluding hydrogens is 224 g/mol. The molecule has 3 heteroatoms. The molecule has 0 aliphatic heterocycles. The first-order valence-electron chi connectivity index (χ1n) is 7.18. The minimum Gasteiger partial charge on any atom is -0.353 e. The van der Waals surface area contributed by atoms with Crippen molar-refractivity contribution in [1.82, 2.24) is 5.32 Å². The SMILES string of the molecule is CC(C)(N)CC(=O)NC1CCCCC1C(C)(C)C. The highest BCUT2D eigenvalue weighted by Gasteiger charge is 2.35. The molecule has 0 saturated heterocycles. The van der Waals surface area contributed by atoms with Crippen molar-refractivity contribution in [2.75, 3.05) is 0 Å². The van der Waals surface area contributed by atoms with Crippen LogP contribution >= 0.6 is 0 Å². The van der Waals surface area contributed by atoms with Gasteiger partial charge in [-0.2, -0.15) is 0 Å². The molecule has 2 unspecified atom stereocenters. The van der Waals surface area contributed by atoms with Crippen molar-refractivity contribution in [1.29, 1.82) is 0 Å². The second kappa shape index (κ2) is 5.60. The summed E-state index contributed by atoms with van der Waals surface area (Å²) in [4.78, 5) is 12.0. The van der Waals surface area contributed by atoms with E-state index in [1.807, 2.05) is 13.8 Å². The quantitative estimate of drug-likeness (QED) is 0.813. The number of carbonyl (C=O) groups excluding carboxylic acids is 1. The van der Waals surface area contributed by atoms with Crippen LogP contribution in [0, 0.1) is 11.3 Å². The highest BCUT2D eigenvalue weighted by Crippen LogP contribution is 2.38. The second-order valence-electron chi connectivity index (χ2n) is 7.60. The number of nitrogens with one attached hydrogen (secondary N) is 1. The van der Waals surface area contributed by atoms with Crippen LogP contribution in [0.15, 0.2) is 0 Å². The molecule has 1 fully saturated rings. The lowest BCUT2D eigenvalue weighted by molar-refractivity contribution is -0.123. The number of nitrogens with two attached hydrogens (primary N) is 1. The normalized spacial score (nSPS) is 25.9. The van der Waals surface area contributed by atoms with E-state index in [-0.39, 0.29) is 11.3 Å². The fourth-order valence-electron chi connectivity index (χ4n) is 3.01. The van der Waals surface area contributed by atoms with Crippen molar-refractivity contribution in [2.45, 2.75) is 78.3 Å². The summed E-state index contributed by atoms with van der Waals surface area (Å²) in [5, 5.41) is 3.21. The van der Waals surface area contributed by atoms with Crippen LogP contribution in [0.25, 0.3) is 0 Å². The molecule has 106 valence electrons. The Hall–Kier alpha value is -0.570. The number of hydrogen-bond donors (Lipinski definition) is 2. The highest BCUT2D eigenvalue weighted by molar-refractivity contribution is 5.77. The Kier molecular flexibility index (Phi) is 4.82. The monoisotopic (exact) mass is 254 g/mol. The fourth-order valence-corrected chi connectivity index (χ4v) is 3.01. The van der Waals surface area contributed by atoms with Gasteiger partial charge >= 0.3 is 0 Å². The zero-order valence-electron chi connectivity index (χ0n) is 12.7. The molecule has 0 bridgehead atoms. The zero-order chi connectivity index (χ0) is 14.0. The standard InChI is InChI=1S/C15H30N2O/c1-14(2,3)11-8-6-7-9-12(11)17-13(18)10-15(4,5)16/h11-12H,6-10,16H2,1-5H3,(H,17,18). The average Bonchev–Trinajstić information content (AvgIpc) is 2.13. The summed E-state index contributed by atoms with van der Waals surface area (Å²) in [5.74, 6) is 0.680. The molecule has 2 atom stereocenters. The largest absolute Gasteiger partial charge is 0.353 e. The molecule has 0 aromatic rings. The van der Waals surface area contributed by atoms with Gasteiger partial charge in [0.25, 0.3) is 0 Å². The number of carbonyl (C=O) groups is 1. The summed E-state index contributed by atoms with van der Waals surface area (Å²) >= 11 is 0. The van der Waals surface area contributed by atoms with Crippen LogP contribution in [0.4, 0.5) is 0 Å². The van der Waals surface area contributed by atoms with Crippen molar-refractivity contribution in [3.05, 3.63) is 0 Å². The van der Waals surface area contributed by atoms with Crippen LogP contribution in [0.1, 0.15) is 66.7 Å². The van der Waals surface area contributed by atoms with Crippen LogP contribution in [0.2, 0.25) is 0 Å². The Bertz CT molecular complexity index is 286. The molecule has 0 aromatic carbocycles. The Morgan fingerprint density at radius 1 is 1.17 bits per heavy atom. The topological polar surface area (TPSA) is 55.1 Å². The number of hydrogen-bond acceptors (Lipinski definition) is 2. The Morgan fingerprint density at radius 2 is 1.72 bits per heavy atom. The third kappa shape index (κ3) is 4.97. The predicted molar refractivity (Wildman–Crippen MR) is 76.2 cm³/mol. The smallest absolute Gasteiger partial charge is 0.222 e. The minimum absolute atomic E-state index is 0.101. The van der Waals surface area contributed by atoms with Gasteiger partial charge in [-0.1, -0.05) is 33.6 Å². The Labute approximate surface area is 112 Å². The van der Waals surface area contributed by atoms with Crippen LogP contribution < -0.4 is 11.1 Å². The van der Waals surface area contributed by atoms with Crippen molar-refractivity contribution in [2.24, 2.45) is 17.1 Å². The second-order valence-corrected chi connectivity index (χ2v) is 7.60. The van der Waals surface area contributed by atoms with Crippen LogP contribution in [-0.2, 0) is 4.79 Å². The summed E-state index contributed by atoms with van der Waals surface area (Å²) in [7, 11) is 0. The van der Waals surface area contributed by atoms with Crippen molar-refractivity contribution < 1.29 is 4.79 Å². The molecule has 0 heterocycles. The molecule has 0 radical (unpaired) electrons. The van der Waals surface area contributed by atoms with Crippen LogP contribution in [-0.4, -0.2) is 17.5 Å². The van der Waals surface area contributed by atoms with Crippen molar-refractivity contribution in [3.63, 3.8) is 0 Å². The molecule has 0 aromatic heterocycles. The molecule has 3 N–H and O–H groups in total. The van der Waals surface area contributed by atoms with E-state index in [9.17, 15) is 4.79 Å². The van der Waals surface area contributed by atoms with E-state index in [0.29, 0.717) is 18.4 Å². The van der Waals surface area contributed by atoms with E-state index in [2.05, 4.69) is 26.1 Å². The summed E-state index contributed by atoms with van der Waals surface area (Å²) in [6.07, 6.45) is 5.25. The third-order valence-electron chi connectivity index (χ3n) is 3.84. The molecule has 1 amide bonds. The van der Waals surface area contributed by atoms with E-state index in [4.69, 9.17) is 5.73 Å². The lowest BCUT2D eigenvalue weighted by atomic mass is 9.69. The van der Waals surface area contributed by atoms with Gasteiger partial charge < -0.3 is 11.1 Å². The first kappa shape index (κ1) is 15.5. The van der Waals surface area contributed by atoms with E-state index in [1.165, 1.54) is 19.3 Å². The molecule has 3 nitrogen and oxygen atoms in total. The lowest BCUT2D eigenvalue weighted by Crippen LogP contribution is -2.49. The van der Waals surface area contributed by atoms with Crippen molar-refractivity contribution >= 4 is 5.91 Å². The summed E-state index contributed by atoms with van der Waals surface area (Å²) in [6.45, 7) is 10.6. The van der Waals surface area contributed by atoms with Gasteiger partial charge in [0.1, 0.15) is 0 Å². The molecule has 18 heavy (non-hydrogen) atoms. The Morgan fingerprint density at radius 3 is 2.22 bits per heavy atom. The van der Waals surface area contributed by atoms with Gasteiger partial charge in [0, 0.05) is 18.0 Å². The van der Waals surface area contributed by atoms with Crippen molar-refractivity contribution in [3.8, 4) is 0 Å². The molecular formula is C15H30N2O. The third-order valence-corrected chi connectivity index (χ3v) is 3.84. The van der Waals surface area contributed by atoms with E-state index in [0.717, 1.165) is 6.42 Å². The lowest BCUT2D eigenvalue weighted by Gasteiger charge is -2.41. The van der Waals surface area contributed by atoms with Gasteiger partial charge in [0.05, 0.1) is 0 Å². The average molecular weight is 254 g/mol. The van der Waals surface area contributed by atoms with Gasteiger partial charge in [-0.05, 0) is 38.0 Å². The van der Waals surface area contributed by atoms with E-state index < -0.39 is 5.54 Å². The van der Waals surface area contributed by atoms with E-state index >= 15 is 0 Å². The zero-order valence-corrected chi connectivity index (χ0v) is 12.7.